The van der Waals surface area contributed by atoms with E-state index in [1.165, 1.54) is 6.08 Å². The highest BCUT2D eigenvalue weighted by Gasteiger charge is 2.11. The normalized spacial score (nSPS) is 11.2. The third-order valence-corrected chi connectivity index (χ3v) is 5.03. The van der Waals surface area contributed by atoms with E-state index in [9.17, 15) is 9.59 Å². The lowest BCUT2D eigenvalue weighted by Gasteiger charge is -1.99. The number of benzene rings is 4. The molecule has 0 saturated carbocycles. The summed E-state index contributed by atoms with van der Waals surface area (Å²) in [6, 6.07) is 34.9. The third-order valence-electron chi connectivity index (χ3n) is 5.03. The zero-order valence-electron chi connectivity index (χ0n) is 19.6. The van der Waals surface area contributed by atoms with E-state index in [2.05, 4.69) is 5.16 Å². The molecule has 0 aliphatic heterocycles. The Kier molecular flexibility index (Phi) is 9.68. The minimum absolute atomic E-state index is 0.0203. The van der Waals surface area contributed by atoms with Crippen LogP contribution in [-0.4, -0.2) is 22.5 Å². The number of hydrogen-bond acceptors (Lipinski definition) is 5. The molecule has 4 rings (SSSR count). The van der Waals surface area contributed by atoms with Crippen molar-refractivity contribution in [3.05, 3.63) is 150 Å². The Morgan fingerprint density at radius 1 is 0.611 bits per heavy atom. The molecule has 4 aromatic rings. The Balaban J connectivity index is 0.000000205. The van der Waals surface area contributed by atoms with Crippen molar-refractivity contribution in [2.45, 2.75) is 0 Å². The summed E-state index contributed by atoms with van der Waals surface area (Å²) in [7, 11) is 0. The lowest BCUT2D eigenvalue weighted by Crippen LogP contribution is -2.11. The average molecular weight is 475 g/mol. The van der Waals surface area contributed by atoms with Gasteiger partial charge >= 0.3 is 0 Å². The number of hydrogen-bond donors (Lipinski definition) is 2. The molecular formula is C31H26N2O3. The van der Waals surface area contributed by atoms with Crippen molar-refractivity contribution in [2.24, 2.45) is 5.16 Å². The summed E-state index contributed by atoms with van der Waals surface area (Å²) in [4.78, 5) is 23.8. The number of rotatable bonds is 7. The molecule has 3 N–H and O–H groups in total. The molecule has 5 heteroatoms. The van der Waals surface area contributed by atoms with Gasteiger partial charge in [0, 0.05) is 16.8 Å². The quantitative estimate of drug-likeness (QED) is 0.0790. The molecule has 0 heterocycles. The first kappa shape index (κ1) is 25.6. The van der Waals surface area contributed by atoms with Gasteiger partial charge in [0.25, 0.3) is 0 Å². The molecule has 36 heavy (non-hydrogen) atoms. The van der Waals surface area contributed by atoms with Crippen molar-refractivity contribution in [2.75, 3.05) is 5.73 Å². The summed E-state index contributed by atoms with van der Waals surface area (Å²) in [6.45, 7) is 0. The zero-order chi connectivity index (χ0) is 25.6. The number of nitrogens with two attached hydrogens (primary N) is 1. The lowest BCUT2D eigenvalue weighted by atomic mass is 10.1. The number of carbonyl (C=O) groups is 2. The standard InChI is InChI=1S/C16H14N2O2.C15H12O/c17-14-9-6-12(7-10-14)8-11-15(18-20)16(19)13-4-2-1-3-5-13;16-15(14-9-5-2-6-10-14)12-11-13-7-3-1-4-8-13/h1-11,20H,17H2;1-12H. The van der Waals surface area contributed by atoms with Crippen LogP contribution in [0.3, 0.4) is 0 Å². The number of nitrogen functional groups attached to an aromatic ring is 1. The maximum Gasteiger partial charge on any atom is 0.214 e. The number of allylic oxidation sites excluding steroid dienone is 2. The molecule has 0 radical (unpaired) electrons. The summed E-state index contributed by atoms with van der Waals surface area (Å²) < 4.78 is 0. The monoisotopic (exact) mass is 474 g/mol. The zero-order valence-corrected chi connectivity index (χ0v) is 19.6. The molecule has 0 aliphatic carbocycles. The van der Waals surface area contributed by atoms with Gasteiger partial charge in [-0.3, -0.25) is 9.59 Å². The van der Waals surface area contributed by atoms with Gasteiger partial charge in [-0.25, -0.2) is 0 Å². The molecule has 0 saturated heterocycles. The van der Waals surface area contributed by atoms with E-state index in [1.54, 1.807) is 48.6 Å². The Morgan fingerprint density at radius 3 is 1.64 bits per heavy atom. The first-order valence-corrected chi connectivity index (χ1v) is 11.2. The summed E-state index contributed by atoms with van der Waals surface area (Å²) in [5, 5.41) is 12.0. The first-order chi connectivity index (χ1) is 17.6. The predicted molar refractivity (Wildman–Crippen MR) is 146 cm³/mol. The van der Waals surface area contributed by atoms with Gasteiger partial charge < -0.3 is 10.9 Å². The molecule has 0 atom stereocenters. The van der Waals surface area contributed by atoms with Crippen molar-refractivity contribution < 1.29 is 14.8 Å². The minimum atomic E-state index is -0.334. The fourth-order valence-corrected chi connectivity index (χ4v) is 3.11. The molecule has 5 nitrogen and oxygen atoms in total. The van der Waals surface area contributed by atoms with Gasteiger partial charge in [0.2, 0.25) is 5.78 Å². The highest BCUT2D eigenvalue weighted by molar-refractivity contribution is 6.50. The van der Waals surface area contributed by atoms with Crippen LogP contribution in [-0.2, 0) is 0 Å². The van der Waals surface area contributed by atoms with Crippen LogP contribution in [0.25, 0.3) is 12.2 Å². The average Bonchev–Trinajstić information content (AvgIpc) is 2.95. The van der Waals surface area contributed by atoms with Gasteiger partial charge in [-0.1, -0.05) is 120 Å². The van der Waals surface area contributed by atoms with Crippen LogP contribution in [0.2, 0.25) is 0 Å². The fourth-order valence-electron chi connectivity index (χ4n) is 3.11. The van der Waals surface area contributed by atoms with Crippen molar-refractivity contribution in [1.29, 1.82) is 0 Å². The van der Waals surface area contributed by atoms with E-state index in [0.717, 1.165) is 16.7 Å². The van der Waals surface area contributed by atoms with Crippen molar-refractivity contribution in [1.82, 2.24) is 0 Å². The highest BCUT2D eigenvalue weighted by Crippen LogP contribution is 2.09. The van der Waals surface area contributed by atoms with E-state index < -0.39 is 0 Å². The van der Waals surface area contributed by atoms with Crippen LogP contribution in [0.15, 0.2) is 133 Å². The number of ketones is 2. The number of anilines is 1. The molecule has 0 spiro atoms. The van der Waals surface area contributed by atoms with Crippen LogP contribution in [0.4, 0.5) is 5.69 Å². The van der Waals surface area contributed by atoms with Crippen LogP contribution >= 0.6 is 0 Å². The second-order valence-electron chi connectivity index (χ2n) is 7.65. The maximum absolute atomic E-state index is 12.1. The Morgan fingerprint density at radius 2 is 1.08 bits per heavy atom. The topological polar surface area (TPSA) is 92.8 Å². The van der Waals surface area contributed by atoms with E-state index in [-0.39, 0.29) is 17.3 Å². The Labute approximate surface area is 210 Å². The molecule has 4 aromatic carbocycles. The third kappa shape index (κ3) is 8.08. The number of oxime groups is 1. The SMILES string of the molecule is Nc1ccc(C=CC(=NO)C(=O)c2ccccc2)cc1.O=C(C=Cc1ccccc1)c1ccccc1. The Hall–Kier alpha value is -5.03. The van der Waals surface area contributed by atoms with E-state index in [0.29, 0.717) is 11.3 Å². The van der Waals surface area contributed by atoms with Gasteiger partial charge in [-0.2, -0.15) is 0 Å². The van der Waals surface area contributed by atoms with Crippen molar-refractivity contribution in [3.8, 4) is 0 Å². The van der Waals surface area contributed by atoms with Crippen molar-refractivity contribution in [3.63, 3.8) is 0 Å². The fraction of sp³-hybridized carbons (Fsp3) is 0. The van der Waals surface area contributed by atoms with Gasteiger partial charge in [-0.05, 0) is 35.4 Å². The minimum Gasteiger partial charge on any atom is -0.410 e. The molecule has 0 aliphatic rings. The van der Waals surface area contributed by atoms with Crippen LogP contribution < -0.4 is 5.73 Å². The maximum atomic E-state index is 12.1. The summed E-state index contributed by atoms with van der Waals surface area (Å²) in [5.74, 6) is -0.302. The molecule has 0 amide bonds. The number of Topliss-reactive ketones (excluding diaryl/α,β-unsaturated/α-hetero) is 1. The van der Waals surface area contributed by atoms with Gasteiger partial charge in [0.1, 0.15) is 0 Å². The van der Waals surface area contributed by atoms with Gasteiger partial charge in [0.05, 0.1) is 0 Å². The van der Waals surface area contributed by atoms with Crippen molar-refractivity contribution >= 4 is 35.1 Å². The largest absolute Gasteiger partial charge is 0.410 e. The summed E-state index contributed by atoms with van der Waals surface area (Å²) in [6.07, 6.45) is 6.59. The lowest BCUT2D eigenvalue weighted by molar-refractivity contribution is 0.104. The first-order valence-electron chi connectivity index (χ1n) is 11.2. The number of carbonyl (C=O) groups excluding carboxylic acids is 2. The van der Waals surface area contributed by atoms with Crippen LogP contribution in [0.1, 0.15) is 31.8 Å². The molecule has 0 fully saturated rings. The summed E-state index contributed by atoms with van der Waals surface area (Å²) >= 11 is 0. The molecule has 0 aromatic heterocycles. The number of nitrogens with zero attached hydrogens (tertiary/aromatic N) is 1. The van der Waals surface area contributed by atoms with Gasteiger partial charge in [0.15, 0.2) is 11.5 Å². The molecular weight excluding hydrogens is 448 g/mol. The predicted octanol–water partition coefficient (Wildman–Crippen LogP) is 6.58. The molecule has 0 bridgehead atoms. The van der Waals surface area contributed by atoms with Gasteiger partial charge in [-0.15, -0.1) is 0 Å². The smallest absolute Gasteiger partial charge is 0.214 e. The second kappa shape index (κ2) is 13.6. The van der Waals surface area contributed by atoms with E-state index in [1.807, 2.05) is 84.9 Å². The molecule has 178 valence electrons. The summed E-state index contributed by atoms with van der Waals surface area (Å²) in [5.41, 5.74) is 9.32. The van der Waals surface area contributed by atoms with Crippen LogP contribution in [0.5, 0.6) is 0 Å². The second-order valence-corrected chi connectivity index (χ2v) is 7.65. The van der Waals surface area contributed by atoms with E-state index in [4.69, 9.17) is 10.9 Å². The van der Waals surface area contributed by atoms with E-state index >= 15 is 0 Å². The Bertz CT molecular complexity index is 1340. The molecule has 0 unspecified atom stereocenters. The van der Waals surface area contributed by atoms with Crippen LogP contribution in [0, 0.1) is 0 Å². The highest BCUT2D eigenvalue weighted by atomic mass is 16.4.